The molecule has 6 aliphatic rings. The molecule has 0 aliphatic heterocycles. The van der Waals surface area contributed by atoms with Crippen molar-refractivity contribution >= 4 is 0 Å². The molecule has 0 aromatic heterocycles. The van der Waals surface area contributed by atoms with E-state index in [1.54, 1.807) is 5.57 Å². The number of allylic oxidation sites excluding steroid dienone is 3. The van der Waals surface area contributed by atoms with Gasteiger partial charge >= 0.3 is 0 Å². The standard InChI is InChI=1S/C29H44O/c1-19-16-21-26(5,24-23(19)25(24,3)4)20(2)28(12-8-9-13-28)18-29(21)15-14-27(22(29)17-30)10-6-7-11-27/h16,20,22-24,30H,1,6-15,17-18H2,2-5H3/t20-,22+,23-,24+,26-,29-/m1/s1. The maximum atomic E-state index is 11.0. The summed E-state index contributed by atoms with van der Waals surface area (Å²) < 4.78 is 0. The molecule has 0 heterocycles. The average Bonchev–Trinajstić information content (AvgIpc) is 3.18. The van der Waals surface area contributed by atoms with Crippen molar-refractivity contribution in [3.8, 4) is 0 Å². The number of hydrogen-bond donors (Lipinski definition) is 1. The van der Waals surface area contributed by atoms with Crippen LogP contribution >= 0.6 is 0 Å². The van der Waals surface area contributed by atoms with Gasteiger partial charge < -0.3 is 5.11 Å². The van der Waals surface area contributed by atoms with Crippen LogP contribution in [-0.2, 0) is 0 Å². The summed E-state index contributed by atoms with van der Waals surface area (Å²) in [6, 6.07) is 0. The van der Waals surface area contributed by atoms with E-state index in [4.69, 9.17) is 0 Å². The quantitative estimate of drug-likeness (QED) is 0.482. The van der Waals surface area contributed by atoms with Gasteiger partial charge in [0.25, 0.3) is 0 Å². The Bertz CT molecular complexity index is 804. The van der Waals surface area contributed by atoms with Gasteiger partial charge in [0, 0.05) is 6.61 Å². The van der Waals surface area contributed by atoms with Crippen LogP contribution in [0.4, 0.5) is 0 Å². The van der Waals surface area contributed by atoms with Crippen LogP contribution in [0.1, 0.15) is 98.3 Å². The number of fused-ring (bicyclic) bond motifs is 4. The van der Waals surface area contributed by atoms with Crippen molar-refractivity contribution in [1.29, 1.82) is 0 Å². The molecule has 6 atom stereocenters. The second kappa shape index (κ2) is 5.86. The molecule has 0 aromatic carbocycles. The van der Waals surface area contributed by atoms with Crippen LogP contribution in [0.5, 0.6) is 0 Å². The minimum Gasteiger partial charge on any atom is -0.396 e. The van der Waals surface area contributed by atoms with Crippen molar-refractivity contribution < 1.29 is 5.11 Å². The summed E-state index contributed by atoms with van der Waals surface area (Å²) >= 11 is 0. The van der Waals surface area contributed by atoms with E-state index >= 15 is 0 Å². The zero-order valence-corrected chi connectivity index (χ0v) is 20.0. The average molecular weight is 409 g/mol. The minimum absolute atomic E-state index is 0.233. The van der Waals surface area contributed by atoms with Crippen molar-refractivity contribution in [2.24, 2.45) is 50.7 Å². The van der Waals surface area contributed by atoms with Gasteiger partial charge in [-0.05, 0) is 95.7 Å². The summed E-state index contributed by atoms with van der Waals surface area (Å²) in [5.41, 5.74) is 5.01. The van der Waals surface area contributed by atoms with Gasteiger partial charge in [0.05, 0.1) is 0 Å². The Hall–Kier alpha value is -0.560. The lowest BCUT2D eigenvalue weighted by molar-refractivity contribution is -0.0807. The van der Waals surface area contributed by atoms with Crippen molar-refractivity contribution in [2.45, 2.75) is 98.3 Å². The molecule has 1 heteroatoms. The second-order valence-corrected chi connectivity index (χ2v) is 13.6. The number of rotatable bonds is 1. The Labute approximate surface area is 184 Å². The van der Waals surface area contributed by atoms with Crippen LogP contribution < -0.4 is 0 Å². The fourth-order valence-electron chi connectivity index (χ4n) is 11.4. The molecule has 5 saturated carbocycles. The third-order valence-corrected chi connectivity index (χ3v) is 12.7. The van der Waals surface area contributed by atoms with Crippen molar-refractivity contribution in [3.05, 3.63) is 23.8 Å². The van der Waals surface area contributed by atoms with E-state index < -0.39 is 0 Å². The second-order valence-electron chi connectivity index (χ2n) is 13.6. The molecule has 0 saturated heterocycles. The predicted molar refractivity (Wildman–Crippen MR) is 124 cm³/mol. The highest BCUT2D eigenvalue weighted by Gasteiger charge is 2.76. The smallest absolute Gasteiger partial charge is 0.0473 e. The molecule has 30 heavy (non-hydrogen) atoms. The molecule has 6 rings (SSSR count). The molecule has 3 spiro atoms. The normalized spacial score (nSPS) is 49.5. The summed E-state index contributed by atoms with van der Waals surface area (Å²) in [5, 5.41) is 11.0. The van der Waals surface area contributed by atoms with Gasteiger partial charge in [0.2, 0.25) is 0 Å². The van der Waals surface area contributed by atoms with Gasteiger partial charge in [0.1, 0.15) is 0 Å². The minimum atomic E-state index is 0.233. The Balaban J connectivity index is 1.56. The van der Waals surface area contributed by atoms with Gasteiger partial charge in [0.15, 0.2) is 0 Å². The Morgan fingerprint density at radius 3 is 2.13 bits per heavy atom. The monoisotopic (exact) mass is 408 g/mol. The summed E-state index contributed by atoms with van der Waals surface area (Å²) in [6.07, 6.45) is 17.9. The number of aliphatic hydroxyl groups is 1. The van der Waals surface area contributed by atoms with E-state index in [0.717, 1.165) is 11.8 Å². The van der Waals surface area contributed by atoms with E-state index in [1.807, 2.05) is 0 Å². The van der Waals surface area contributed by atoms with Crippen LogP contribution in [0.3, 0.4) is 0 Å². The van der Waals surface area contributed by atoms with Gasteiger partial charge in [-0.1, -0.05) is 77.2 Å². The first kappa shape index (κ1) is 20.1. The maximum Gasteiger partial charge on any atom is 0.0473 e. The lowest BCUT2D eigenvalue weighted by Crippen LogP contribution is -2.57. The SMILES string of the molecule is C=C1C=C2[C@@]3(CCC4(CCCC4)[C@@H]3CO)CC3(CCCC3)[C@H](C)[C@@]2(C)[C@H]2[C@@H]1C2(C)C. The fraction of sp³-hybridized carbons (Fsp3) is 0.862. The molecule has 166 valence electrons. The molecule has 5 fully saturated rings. The van der Waals surface area contributed by atoms with Crippen LogP contribution in [0.2, 0.25) is 0 Å². The van der Waals surface area contributed by atoms with E-state index in [0.29, 0.717) is 34.7 Å². The summed E-state index contributed by atoms with van der Waals surface area (Å²) in [7, 11) is 0. The van der Waals surface area contributed by atoms with Crippen LogP contribution in [0.15, 0.2) is 23.8 Å². The predicted octanol–water partition coefficient (Wildman–Crippen LogP) is 7.31. The van der Waals surface area contributed by atoms with E-state index in [9.17, 15) is 5.11 Å². The van der Waals surface area contributed by atoms with Gasteiger partial charge in [-0.3, -0.25) is 0 Å². The lowest BCUT2D eigenvalue weighted by atomic mass is 9.41. The molecular formula is C29H44O. The highest BCUT2D eigenvalue weighted by molar-refractivity contribution is 5.49. The molecule has 0 bridgehead atoms. The lowest BCUT2D eigenvalue weighted by Gasteiger charge is -2.63. The van der Waals surface area contributed by atoms with Gasteiger partial charge in [-0.15, -0.1) is 0 Å². The molecule has 1 N–H and O–H groups in total. The summed E-state index contributed by atoms with van der Waals surface area (Å²) in [6.45, 7) is 15.4. The third kappa shape index (κ3) is 2.06. The topological polar surface area (TPSA) is 20.2 Å². The number of aliphatic hydroxyl groups excluding tert-OH is 1. The van der Waals surface area contributed by atoms with Crippen molar-refractivity contribution in [3.63, 3.8) is 0 Å². The first-order valence-electron chi connectivity index (χ1n) is 13.2. The van der Waals surface area contributed by atoms with Gasteiger partial charge in [-0.25, -0.2) is 0 Å². The van der Waals surface area contributed by atoms with E-state index in [1.165, 1.54) is 76.2 Å². The first-order chi connectivity index (χ1) is 14.2. The Morgan fingerprint density at radius 2 is 1.53 bits per heavy atom. The van der Waals surface area contributed by atoms with Crippen molar-refractivity contribution in [1.82, 2.24) is 0 Å². The van der Waals surface area contributed by atoms with Crippen LogP contribution in [-0.4, -0.2) is 11.7 Å². The molecule has 0 aromatic rings. The van der Waals surface area contributed by atoms with Gasteiger partial charge in [-0.2, -0.15) is 0 Å². The number of hydrogen-bond acceptors (Lipinski definition) is 1. The van der Waals surface area contributed by atoms with E-state index in [2.05, 4.69) is 40.3 Å². The largest absolute Gasteiger partial charge is 0.396 e. The fourth-order valence-corrected chi connectivity index (χ4v) is 11.4. The Kier molecular flexibility index (Phi) is 3.92. The molecule has 0 amide bonds. The molecule has 0 unspecified atom stereocenters. The highest BCUT2D eigenvalue weighted by atomic mass is 16.3. The Morgan fingerprint density at radius 1 is 0.933 bits per heavy atom. The highest BCUT2D eigenvalue weighted by Crippen LogP contribution is 2.83. The van der Waals surface area contributed by atoms with E-state index in [-0.39, 0.29) is 10.8 Å². The molecular weight excluding hydrogens is 364 g/mol. The van der Waals surface area contributed by atoms with Crippen molar-refractivity contribution in [2.75, 3.05) is 6.61 Å². The maximum absolute atomic E-state index is 11.0. The van der Waals surface area contributed by atoms with Crippen LogP contribution in [0, 0.1) is 50.7 Å². The third-order valence-electron chi connectivity index (χ3n) is 12.7. The zero-order chi connectivity index (χ0) is 21.2. The van der Waals surface area contributed by atoms with Crippen LogP contribution in [0.25, 0.3) is 0 Å². The molecule has 0 radical (unpaired) electrons. The zero-order valence-electron chi connectivity index (χ0n) is 20.0. The molecule has 1 nitrogen and oxygen atoms in total. The summed E-state index contributed by atoms with van der Waals surface area (Å²) in [5.74, 6) is 2.67. The molecule has 6 aliphatic carbocycles. The first-order valence-corrected chi connectivity index (χ1v) is 13.2. The summed E-state index contributed by atoms with van der Waals surface area (Å²) in [4.78, 5) is 0.